The van der Waals surface area contributed by atoms with E-state index in [2.05, 4.69) is 50.4 Å². The molecule has 1 aliphatic rings. The van der Waals surface area contributed by atoms with E-state index in [0.717, 1.165) is 37.1 Å². The summed E-state index contributed by atoms with van der Waals surface area (Å²) in [5, 5.41) is 3.03. The monoisotopic (exact) mass is 387 g/mol. The van der Waals surface area contributed by atoms with Crippen molar-refractivity contribution in [1.82, 2.24) is 10.2 Å². The van der Waals surface area contributed by atoms with Gasteiger partial charge in [0.2, 0.25) is 0 Å². The first kappa shape index (κ1) is 16.8. The first-order chi connectivity index (χ1) is 11.7. The van der Waals surface area contributed by atoms with Gasteiger partial charge in [0.1, 0.15) is 0 Å². The lowest BCUT2D eigenvalue weighted by molar-refractivity contribution is 0.194. The Bertz CT molecular complexity index is 669. The first-order valence-electron chi connectivity index (χ1n) is 8.29. The van der Waals surface area contributed by atoms with Gasteiger partial charge in [0, 0.05) is 42.9 Å². The van der Waals surface area contributed by atoms with Gasteiger partial charge in [-0.3, -0.25) is 0 Å². The molecule has 2 aromatic rings. The van der Waals surface area contributed by atoms with Gasteiger partial charge >= 0.3 is 6.03 Å². The van der Waals surface area contributed by atoms with E-state index in [-0.39, 0.29) is 6.03 Å². The summed E-state index contributed by atoms with van der Waals surface area (Å²) < 4.78 is 1.08. The van der Waals surface area contributed by atoms with Gasteiger partial charge in [-0.2, -0.15) is 0 Å². The summed E-state index contributed by atoms with van der Waals surface area (Å²) in [4.78, 5) is 16.5. The number of hydrogen-bond acceptors (Lipinski definition) is 2. The molecule has 1 N–H and O–H groups in total. The third-order valence-corrected chi connectivity index (χ3v) is 4.77. The fourth-order valence-electron chi connectivity index (χ4n) is 2.91. The standard InChI is InChI=1S/C19H22BrN3O/c20-17-7-4-8-18(15-17)22-11-13-23(14-12-22)19(24)21-10-9-16-5-2-1-3-6-16/h1-8,15H,9-14H2,(H,21,24). The molecule has 1 fully saturated rings. The van der Waals surface area contributed by atoms with Crippen molar-refractivity contribution in [3.8, 4) is 0 Å². The van der Waals surface area contributed by atoms with Crippen LogP contribution < -0.4 is 10.2 Å². The average Bonchev–Trinajstić information content (AvgIpc) is 2.63. The summed E-state index contributed by atoms with van der Waals surface area (Å²) in [6.45, 7) is 3.91. The van der Waals surface area contributed by atoms with Crippen molar-refractivity contribution in [2.24, 2.45) is 0 Å². The van der Waals surface area contributed by atoms with Gasteiger partial charge in [-0.25, -0.2) is 4.79 Å². The number of amides is 2. The summed E-state index contributed by atoms with van der Waals surface area (Å²) in [5.41, 5.74) is 2.45. The van der Waals surface area contributed by atoms with Gasteiger partial charge in [0.25, 0.3) is 0 Å². The molecule has 0 spiro atoms. The SMILES string of the molecule is O=C(NCCc1ccccc1)N1CCN(c2cccc(Br)c2)CC1. The van der Waals surface area contributed by atoms with E-state index < -0.39 is 0 Å². The highest BCUT2D eigenvalue weighted by atomic mass is 79.9. The van der Waals surface area contributed by atoms with Crippen LogP contribution in [-0.2, 0) is 6.42 Å². The molecule has 2 aromatic carbocycles. The predicted molar refractivity (Wildman–Crippen MR) is 101 cm³/mol. The maximum atomic E-state index is 12.3. The topological polar surface area (TPSA) is 35.6 Å². The highest BCUT2D eigenvalue weighted by molar-refractivity contribution is 9.10. The minimum atomic E-state index is 0.0415. The molecule has 0 radical (unpaired) electrons. The van der Waals surface area contributed by atoms with E-state index in [1.54, 1.807) is 0 Å². The fourth-order valence-corrected chi connectivity index (χ4v) is 3.30. The molecule has 4 nitrogen and oxygen atoms in total. The number of nitrogens with one attached hydrogen (secondary N) is 1. The molecule has 24 heavy (non-hydrogen) atoms. The van der Waals surface area contributed by atoms with Crippen LogP contribution in [0.4, 0.5) is 10.5 Å². The first-order valence-corrected chi connectivity index (χ1v) is 9.09. The Balaban J connectivity index is 1.43. The van der Waals surface area contributed by atoms with Crippen LogP contribution in [0.2, 0.25) is 0 Å². The number of carbonyl (C=O) groups excluding carboxylic acids is 1. The number of hydrogen-bond donors (Lipinski definition) is 1. The molecule has 1 saturated heterocycles. The van der Waals surface area contributed by atoms with Crippen molar-refractivity contribution < 1.29 is 4.79 Å². The number of rotatable bonds is 4. The average molecular weight is 388 g/mol. The van der Waals surface area contributed by atoms with Crippen LogP contribution in [0.1, 0.15) is 5.56 Å². The Morgan fingerprint density at radius 1 is 1.00 bits per heavy atom. The highest BCUT2D eigenvalue weighted by Crippen LogP contribution is 2.21. The lowest BCUT2D eigenvalue weighted by atomic mass is 10.1. The van der Waals surface area contributed by atoms with Gasteiger partial charge in [0.15, 0.2) is 0 Å². The van der Waals surface area contributed by atoms with Crippen molar-refractivity contribution in [3.63, 3.8) is 0 Å². The van der Waals surface area contributed by atoms with Crippen LogP contribution in [0, 0.1) is 0 Å². The summed E-state index contributed by atoms with van der Waals surface area (Å²) in [5.74, 6) is 0. The molecule has 1 heterocycles. The van der Waals surface area contributed by atoms with E-state index in [0.29, 0.717) is 6.54 Å². The molecular weight excluding hydrogens is 366 g/mol. The number of anilines is 1. The fraction of sp³-hybridized carbons (Fsp3) is 0.316. The van der Waals surface area contributed by atoms with E-state index in [1.807, 2.05) is 35.2 Å². The quantitative estimate of drug-likeness (QED) is 0.870. The number of benzene rings is 2. The molecule has 126 valence electrons. The van der Waals surface area contributed by atoms with Crippen molar-refractivity contribution in [3.05, 3.63) is 64.6 Å². The largest absolute Gasteiger partial charge is 0.368 e. The van der Waals surface area contributed by atoms with Gasteiger partial charge in [-0.05, 0) is 30.2 Å². The van der Waals surface area contributed by atoms with Crippen molar-refractivity contribution in [2.45, 2.75) is 6.42 Å². The third kappa shape index (κ3) is 4.51. The molecule has 0 bridgehead atoms. The number of carbonyl (C=O) groups is 1. The second-order valence-electron chi connectivity index (χ2n) is 5.92. The number of nitrogens with zero attached hydrogens (tertiary/aromatic N) is 2. The lowest BCUT2D eigenvalue weighted by Gasteiger charge is -2.36. The van der Waals surface area contributed by atoms with Gasteiger partial charge in [-0.15, -0.1) is 0 Å². The zero-order valence-electron chi connectivity index (χ0n) is 13.6. The van der Waals surface area contributed by atoms with Crippen molar-refractivity contribution in [1.29, 1.82) is 0 Å². The van der Waals surface area contributed by atoms with E-state index in [9.17, 15) is 4.79 Å². The Morgan fingerprint density at radius 3 is 2.46 bits per heavy atom. The maximum absolute atomic E-state index is 12.3. The minimum Gasteiger partial charge on any atom is -0.368 e. The Hall–Kier alpha value is -2.01. The van der Waals surface area contributed by atoms with Crippen molar-refractivity contribution >= 4 is 27.6 Å². The number of halogens is 1. The molecule has 2 amide bonds. The molecule has 0 aromatic heterocycles. The summed E-state index contributed by atoms with van der Waals surface area (Å²) >= 11 is 3.51. The summed E-state index contributed by atoms with van der Waals surface area (Å²) in [6, 6.07) is 18.6. The van der Waals surface area contributed by atoms with Gasteiger partial charge < -0.3 is 15.1 Å². The molecule has 0 saturated carbocycles. The van der Waals surface area contributed by atoms with Crippen LogP contribution >= 0.6 is 15.9 Å². The molecule has 5 heteroatoms. The van der Waals surface area contributed by atoms with Crippen molar-refractivity contribution in [2.75, 3.05) is 37.6 Å². The number of piperazine rings is 1. The minimum absolute atomic E-state index is 0.0415. The second kappa shape index (κ2) is 8.20. The van der Waals surface area contributed by atoms with Gasteiger partial charge in [0.05, 0.1) is 0 Å². The molecule has 0 aliphatic carbocycles. The molecule has 3 rings (SSSR count). The molecular formula is C19H22BrN3O. The Morgan fingerprint density at radius 2 is 1.75 bits per heavy atom. The zero-order chi connectivity index (χ0) is 16.8. The van der Waals surface area contributed by atoms with E-state index in [1.165, 1.54) is 11.3 Å². The Labute approximate surface area is 151 Å². The van der Waals surface area contributed by atoms with Crippen LogP contribution in [0.3, 0.4) is 0 Å². The smallest absolute Gasteiger partial charge is 0.317 e. The normalized spacial score (nSPS) is 14.5. The molecule has 0 unspecified atom stereocenters. The number of urea groups is 1. The highest BCUT2D eigenvalue weighted by Gasteiger charge is 2.20. The maximum Gasteiger partial charge on any atom is 0.317 e. The third-order valence-electron chi connectivity index (χ3n) is 4.27. The lowest BCUT2D eigenvalue weighted by Crippen LogP contribution is -2.52. The summed E-state index contributed by atoms with van der Waals surface area (Å²) in [6.07, 6.45) is 0.866. The second-order valence-corrected chi connectivity index (χ2v) is 6.84. The Kier molecular flexibility index (Phi) is 5.75. The van der Waals surface area contributed by atoms with Crippen LogP contribution in [0.25, 0.3) is 0 Å². The molecule has 0 atom stereocenters. The predicted octanol–water partition coefficient (Wildman–Crippen LogP) is 3.52. The van der Waals surface area contributed by atoms with Gasteiger partial charge in [-0.1, -0.05) is 52.3 Å². The van der Waals surface area contributed by atoms with Crippen LogP contribution in [0.15, 0.2) is 59.1 Å². The summed E-state index contributed by atoms with van der Waals surface area (Å²) in [7, 11) is 0. The van der Waals surface area contributed by atoms with E-state index in [4.69, 9.17) is 0 Å². The van der Waals surface area contributed by atoms with E-state index >= 15 is 0 Å². The molecule has 1 aliphatic heterocycles. The van der Waals surface area contributed by atoms with Crippen LogP contribution in [-0.4, -0.2) is 43.7 Å². The zero-order valence-corrected chi connectivity index (χ0v) is 15.2. The van der Waals surface area contributed by atoms with Crippen LogP contribution in [0.5, 0.6) is 0 Å².